The largest absolute Gasteiger partial charge is 0.399 e. The fourth-order valence-corrected chi connectivity index (χ4v) is 0.371. The van der Waals surface area contributed by atoms with Crippen LogP contribution in [0.25, 0.3) is 0 Å². The number of oxime groups is 1. The lowest BCUT2D eigenvalue weighted by Gasteiger charge is -1.81. The molecular formula is C7H12NO. The highest BCUT2D eigenvalue weighted by atomic mass is 16.6. The van der Waals surface area contributed by atoms with Crippen LogP contribution in [0.1, 0.15) is 12.8 Å². The van der Waals surface area contributed by atoms with E-state index in [2.05, 4.69) is 16.9 Å². The van der Waals surface area contributed by atoms with E-state index in [4.69, 9.17) is 0 Å². The van der Waals surface area contributed by atoms with Crippen molar-refractivity contribution < 1.29 is 4.84 Å². The van der Waals surface area contributed by atoms with Gasteiger partial charge in [-0.25, -0.2) is 0 Å². The van der Waals surface area contributed by atoms with Crippen LogP contribution in [0.5, 0.6) is 0 Å². The number of hydrogen-bond donors (Lipinski definition) is 0. The molecule has 0 N–H and O–H groups in total. The second-order valence-corrected chi connectivity index (χ2v) is 1.51. The minimum absolute atomic E-state index is 0.928. The molecule has 0 aromatic heterocycles. The summed E-state index contributed by atoms with van der Waals surface area (Å²) < 4.78 is 0. The maximum atomic E-state index is 4.42. The number of hydrogen-bond acceptors (Lipinski definition) is 2. The molecule has 1 radical (unpaired) electrons. The lowest BCUT2D eigenvalue weighted by molar-refractivity contribution is 0.215. The number of rotatable bonds is 4. The van der Waals surface area contributed by atoms with Crippen LogP contribution >= 0.6 is 0 Å². The van der Waals surface area contributed by atoms with E-state index in [1.54, 1.807) is 6.21 Å². The van der Waals surface area contributed by atoms with Gasteiger partial charge in [0.15, 0.2) is 0 Å². The zero-order valence-corrected chi connectivity index (χ0v) is 5.71. The molecule has 2 heteroatoms. The van der Waals surface area contributed by atoms with Crippen molar-refractivity contribution >= 4 is 6.21 Å². The summed E-state index contributed by atoms with van der Waals surface area (Å²) in [6.07, 6.45) is 7.37. The Morgan fingerprint density at radius 3 is 3.00 bits per heavy atom. The molecule has 51 valence electrons. The van der Waals surface area contributed by atoms with Gasteiger partial charge in [0.2, 0.25) is 0 Å². The van der Waals surface area contributed by atoms with Crippen molar-refractivity contribution in [3.63, 3.8) is 0 Å². The van der Waals surface area contributed by atoms with Crippen LogP contribution in [0.2, 0.25) is 0 Å². The maximum Gasteiger partial charge on any atom is 0.106 e. The van der Waals surface area contributed by atoms with Crippen molar-refractivity contribution in [1.29, 1.82) is 0 Å². The fourth-order valence-electron chi connectivity index (χ4n) is 0.371. The molecular weight excluding hydrogens is 114 g/mol. The third-order valence-electron chi connectivity index (χ3n) is 0.759. The molecule has 0 amide bonds. The topological polar surface area (TPSA) is 21.6 Å². The molecule has 0 aliphatic heterocycles. The predicted molar refractivity (Wildman–Crippen MR) is 39.2 cm³/mol. The Kier molecular flexibility index (Phi) is 6.58. The zero-order chi connectivity index (χ0) is 6.95. The van der Waals surface area contributed by atoms with Crippen molar-refractivity contribution in [2.75, 3.05) is 7.11 Å². The van der Waals surface area contributed by atoms with E-state index < -0.39 is 0 Å². The average Bonchev–Trinajstić information content (AvgIpc) is 1.89. The van der Waals surface area contributed by atoms with Crippen molar-refractivity contribution in [3.8, 4) is 0 Å². The summed E-state index contributed by atoms with van der Waals surface area (Å²) in [7, 11) is 1.52. The molecule has 0 fully saturated rings. The van der Waals surface area contributed by atoms with Crippen molar-refractivity contribution in [2.24, 2.45) is 5.16 Å². The molecule has 0 saturated heterocycles. The minimum Gasteiger partial charge on any atom is -0.399 e. The zero-order valence-electron chi connectivity index (χ0n) is 5.71. The van der Waals surface area contributed by atoms with Crippen LogP contribution in [0.15, 0.2) is 17.3 Å². The molecule has 0 spiro atoms. The predicted octanol–water partition coefficient (Wildman–Crippen LogP) is 1.79. The van der Waals surface area contributed by atoms with Gasteiger partial charge in [0.1, 0.15) is 7.11 Å². The van der Waals surface area contributed by atoms with Crippen LogP contribution in [0, 0.1) is 6.92 Å². The van der Waals surface area contributed by atoms with E-state index in [0.29, 0.717) is 0 Å². The van der Waals surface area contributed by atoms with Crippen molar-refractivity contribution in [2.45, 2.75) is 12.8 Å². The summed E-state index contributed by atoms with van der Waals surface area (Å²) in [6, 6.07) is 0. The minimum atomic E-state index is 0.928. The highest BCUT2D eigenvalue weighted by molar-refractivity contribution is 5.70. The molecule has 9 heavy (non-hydrogen) atoms. The van der Waals surface area contributed by atoms with Gasteiger partial charge in [-0.2, -0.15) is 0 Å². The van der Waals surface area contributed by atoms with Crippen LogP contribution in [0.4, 0.5) is 0 Å². The first-order valence-corrected chi connectivity index (χ1v) is 2.92. The molecule has 0 rings (SSSR count). The molecule has 0 atom stereocenters. The van der Waals surface area contributed by atoms with Gasteiger partial charge in [-0.1, -0.05) is 18.2 Å². The summed E-state index contributed by atoms with van der Waals surface area (Å²) >= 11 is 0. The second kappa shape index (κ2) is 7.21. The second-order valence-electron chi connectivity index (χ2n) is 1.51. The summed E-state index contributed by atoms with van der Waals surface area (Å²) in [6.45, 7) is 3.68. The van der Waals surface area contributed by atoms with Crippen LogP contribution < -0.4 is 0 Å². The Labute approximate surface area is 56.2 Å². The lowest BCUT2D eigenvalue weighted by Crippen LogP contribution is -1.68. The smallest absolute Gasteiger partial charge is 0.106 e. The Hall–Kier alpha value is -0.790. The van der Waals surface area contributed by atoms with E-state index >= 15 is 0 Å². The molecule has 0 bridgehead atoms. The summed E-state index contributed by atoms with van der Waals surface area (Å²) in [4.78, 5) is 4.42. The molecule has 0 aliphatic rings. The van der Waals surface area contributed by atoms with E-state index in [-0.39, 0.29) is 0 Å². The fraction of sp³-hybridized carbons (Fsp3) is 0.429. The summed E-state index contributed by atoms with van der Waals surface area (Å²) in [5.74, 6) is 0. The monoisotopic (exact) mass is 126 g/mol. The molecule has 0 heterocycles. The molecule has 0 unspecified atom stereocenters. The lowest BCUT2D eigenvalue weighted by atomic mass is 10.3. The SMILES string of the molecule is [CH2]CCC=CC=NOC. The summed E-state index contributed by atoms with van der Waals surface area (Å²) in [5.41, 5.74) is 0. The van der Waals surface area contributed by atoms with E-state index in [9.17, 15) is 0 Å². The quantitative estimate of drug-likeness (QED) is 0.415. The number of nitrogens with zero attached hydrogens (tertiary/aromatic N) is 1. The van der Waals surface area contributed by atoms with E-state index in [0.717, 1.165) is 12.8 Å². The van der Waals surface area contributed by atoms with Gasteiger partial charge < -0.3 is 4.84 Å². The molecule has 0 saturated carbocycles. The number of allylic oxidation sites excluding steroid dienone is 2. The normalized spacial score (nSPS) is 11.3. The van der Waals surface area contributed by atoms with Gasteiger partial charge in [-0.05, 0) is 18.9 Å². The van der Waals surface area contributed by atoms with Crippen LogP contribution in [-0.4, -0.2) is 13.3 Å². The van der Waals surface area contributed by atoms with Gasteiger partial charge in [-0.3, -0.25) is 0 Å². The van der Waals surface area contributed by atoms with Gasteiger partial charge in [0.05, 0.1) is 6.21 Å². The van der Waals surface area contributed by atoms with E-state index in [1.807, 2.05) is 12.2 Å². The van der Waals surface area contributed by atoms with Gasteiger partial charge in [-0.15, -0.1) is 0 Å². The Morgan fingerprint density at radius 2 is 2.44 bits per heavy atom. The first kappa shape index (κ1) is 8.21. The average molecular weight is 126 g/mol. The molecule has 0 aliphatic carbocycles. The van der Waals surface area contributed by atoms with Gasteiger partial charge in [0.25, 0.3) is 0 Å². The standard InChI is InChI=1S/C7H12NO/c1-3-4-5-6-7-8-9-2/h5-7H,1,3-4H2,2H3. The van der Waals surface area contributed by atoms with E-state index in [1.165, 1.54) is 7.11 Å². The third kappa shape index (κ3) is 7.21. The van der Waals surface area contributed by atoms with Crippen LogP contribution in [0.3, 0.4) is 0 Å². The first-order valence-electron chi connectivity index (χ1n) is 2.92. The highest BCUT2D eigenvalue weighted by Gasteiger charge is 1.68. The highest BCUT2D eigenvalue weighted by Crippen LogP contribution is 1.85. The Balaban J connectivity index is 3.13. The number of unbranched alkanes of at least 4 members (excludes halogenated alkanes) is 1. The van der Waals surface area contributed by atoms with Crippen LogP contribution in [-0.2, 0) is 4.84 Å². The molecule has 0 aromatic rings. The van der Waals surface area contributed by atoms with Crippen molar-refractivity contribution in [3.05, 3.63) is 19.1 Å². The molecule has 0 aromatic carbocycles. The van der Waals surface area contributed by atoms with Gasteiger partial charge in [0, 0.05) is 0 Å². The molecule has 2 nitrogen and oxygen atoms in total. The first-order chi connectivity index (χ1) is 4.41. The van der Waals surface area contributed by atoms with Crippen molar-refractivity contribution in [1.82, 2.24) is 0 Å². The van der Waals surface area contributed by atoms with Gasteiger partial charge >= 0.3 is 0 Å². The maximum absolute atomic E-state index is 4.42. The summed E-state index contributed by atoms with van der Waals surface area (Å²) in [5, 5.41) is 3.51. The Bertz CT molecular complexity index is 97.1. The Morgan fingerprint density at radius 1 is 1.67 bits per heavy atom. The third-order valence-corrected chi connectivity index (χ3v) is 0.759.